The zero-order chi connectivity index (χ0) is 13.9. The van der Waals surface area contributed by atoms with Crippen molar-refractivity contribution in [2.24, 2.45) is 0 Å². The van der Waals surface area contributed by atoms with Crippen LogP contribution in [0.25, 0.3) is 10.9 Å². The minimum absolute atomic E-state index is 0.602. The third-order valence-corrected chi connectivity index (χ3v) is 4.05. The fourth-order valence-electron chi connectivity index (χ4n) is 2.23. The Kier molecular flexibility index (Phi) is 4.50. The molecule has 0 saturated carbocycles. The first-order valence-corrected chi connectivity index (χ1v) is 7.14. The van der Waals surface area contributed by atoms with Gasteiger partial charge in [-0.25, -0.2) is 0 Å². The highest BCUT2D eigenvalue weighted by molar-refractivity contribution is 6.31. The van der Waals surface area contributed by atoms with E-state index in [1.165, 1.54) is 10.9 Å². The van der Waals surface area contributed by atoms with Crippen molar-refractivity contribution >= 4 is 22.5 Å². The maximum Gasteiger partial charge on any atom is 0.0766 e. The summed E-state index contributed by atoms with van der Waals surface area (Å²) in [6, 6.07) is 5.85. The van der Waals surface area contributed by atoms with Crippen LogP contribution >= 0.6 is 11.6 Å². The average Bonchev–Trinajstić information content (AvgIpc) is 2.81. The number of halogens is 1. The molecule has 3 nitrogen and oxygen atoms in total. The van der Waals surface area contributed by atoms with E-state index in [4.69, 9.17) is 11.6 Å². The summed E-state index contributed by atoms with van der Waals surface area (Å²) in [7, 11) is 0. The number of fused-ring (bicyclic) bond motifs is 1. The van der Waals surface area contributed by atoms with Gasteiger partial charge >= 0.3 is 0 Å². The molecule has 2 rings (SSSR count). The molecule has 0 saturated heterocycles. The van der Waals surface area contributed by atoms with E-state index in [1.54, 1.807) is 0 Å². The van der Waals surface area contributed by atoms with E-state index >= 15 is 0 Å². The second-order valence-electron chi connectivity index (χ2n) is 5.04. The lowest BCUT2D eigenvalue weighted by Crippen LogP contribution is -2.39. The van der Waals surface area contributed by atoms with Crippen molar-refractivity contribution in [1.82, 2.24) is 10.3 Å². The number of hydrogen-bond acceptors (Lipinski definition) is 2. The maximum atomic E-state index is 10.2. The van der Waals surface area contributed by atoms with Gasteiger partial charge in [-0.05, 0) is 30.5 Å². The van der Waals surface area contributed by atoms with Crippen molar-refractivity contribution in [2.75, 3.05) is 6.54 Å². The lowest BCUT2D eigenvalue weighted by atomic mass is 9.97. The number of benzene rings is 1. The molecule has 0 unspecified atom stereocenters. The third-order valence-electron chi connectivity index (χ3n) is 3.82. The number of nitrogens with one attached hydrogen (secondary N) is 2. The van der Waals surface area contributed by atoms with Gasteiger partial charge in [0.1, 0.15) is 0 Å². The summed E-state index contributed by atoms with van der Waals surface area (Å²) in [5.74, 6) is 0. The van der Waals surface area contributed by atoms with Crippen molar-refractivity contribution in [1.29, 1.82) is 0 Å². The number of aromatic amines is 1. The van der Waals surface area contributed by atoms with Crippen molar-refractivity contribution in [2.45, 2.75) is 38.8 Å². The van der Waals surface area contributed by atoms with Gasteiger partial charge in [0, 0.05) is 35.2 Å². The highest BCUT2D eigenvalue weighted by Gasteiger charge is 2.21. The molecule has 0 amide bonds. The summed E-state index contributed by atoms with van der Waals surface area (Å²) in [4.78, 5) is 3.22. The Balaban J connectivity index is 2.02. The van der Waals surface area contributed by atoms with Crippen LogP contribution in [0.3, 0.4) is 0 Å². The first kappa shape index (κ1) is 14.4. The molecule has 0 aliphatic rings. The molecule has 0 radical (unpaired) electrons. The summed E-state index contributed by atoms with van der Waals surface area (Å²) < 4.78 is 0. The fraction of sp³-hybridized carbons (Fsp3) is 0.467. The maximum absolute atomic E-state index is 10.2. The zero-order valence-corrected chi connectivity index (χ0v) is 12.2. The molecule has 3 N–H and O–H groups in total. The van der Waals surface area contributed by atoms with Gasteiger partial charge in [-0.3, -0.25) is 0 Å². The lowest BCUT2D eigenvalue weighted by molar-refractivity contribution is 0.0323. The molecule has 2 aromatic rings. The molecule has 0 aliphatic carbocycles. The Labute approximate surface area is 119 Å². The van der Waals surface area contributed by atoms with Crippen molar-refractivity contribution < 1.29 is 5.11 Å². The van der Waals surface area contributed by atoms with E-state index in [9.17, 15) is 5.11 Å². The smallest absolute Gasteiger partial charge is 0.0766 e. The Hall–Kier alpha value is -1.03. The topological polar surface area (TPSA) is 48.0 Å². The molecule has 1 heterocycles. The Morgan fingerprint density at radius 2 is 2.05 bits per heavy atom. The molecule has 0 bridgehead atoms. The number of aliphatic hydroxyl groups is 1. The van der Waals surface area contributed by atoms with E-state index in [1.807, 2.05) is 38.2 Å². The van der Waals surface area contributed by atoms with Gasteiger partial charge < -0.3 is 15.4 Å². The highest BCUT2D eigenvalue weighted by Crippen LogP contribution is 2.22. The fourth-order valence-corrected chi connectivity index (χ4v) is 2.41. The largest absolute Gasteiger partial charge is 0.389 e. The normalized spacial score (nSPS) is 12.2. The molecule has 1 aromatic carbocycles. The molecule has 1 aromatic heterocycles. The molecule has 0 atom stereocenters. The van der Waals surface area contributed by atoms with Gasteiger partial charge in [0.25, 0.3) is 0 Å². The molecule has 0 fully saturated rings. The zero-order valence-electron chi connectivity index (χ0n) is 11.5. The molecule has 4 heteroatoms. The molecule has 19 heavy (non-hydrogen) atoms. The third kappa shape index (κ3) is 3.30. The van der Waals surface area contributed by atoms with Gasteiger partial charge in [0.05, 0.1) is 5.60 Å². The van der Waals surface area contributed by atoms with E-state index in [0.29, 0.717) is 6.54 Å². The monoisotopic (exact) mass is 280 g/mol. The predicted octanol–water partition coefficient (Wildman–Crippen LogP) is 3.46. The van der Waals surface area contributed by atoms with Crippen LogP contribution in [0.15, 0.2) is 24.4 Å². The van der Waals surface area contributed by atoms with E-state index in [2.05, 4.69) is 10.3 Å². The van der Waals surface area contributed by atoms with Crippen LogP contribution in [0.5, 0.6) is 0 Å². The second kappa shape index (κ2) is 5.95. The number of hydrogen-bond donors (Lipinski definition) is 3. The Morgan fingerprint density at radius 3 is 2.74 bits per heavy atom. The van der Waals surface area contributed by atoms with E-state index in [0.717, 1.165) is 29.9 Å². The molecule has 0 spiro atoms. The number of rotatable bonds is 6. The SMILES string of the molecule is CCC(O)(CC)CNCc1c[nH]c2cc(Cl)ccc12. The van der Waals surface area contributed by atoms with Gasteiger partial charge in [-0.2, -0.15) is 0 Å². The Morgan fingerprint density at radius 1 is 1.32 bits per heavy atom. The van der Waals surface area contributed by atoms with Crippen molar-refractivity contribution in [3.63, 3.8) is 0 Å². The van der Waals surface area contributed by atoms with Gasteiger partial charge in [0.2, 0.25) is 0 Å². The quantitative estimate of drug-likeness (QED) is 0.759. The standard InChI is InChI=1S/C15H21ClN2O/c1-3-15(19,4-2)10-17-8-11-9-18-14-7-12(16)5-6-13(11)14/h5-7,9,17-19H,3-4,8,10H2,1-2H3. The van der Waals surface area contributed by atoms with Crippen LogP contribution in [-0.4, -0.2) is 22.2 Å². The summed E-state index contributed by atoms with van der Waals surface area (Å²) in [6.07, 6.45) is 3.52. The molecular formula is C15H21ClN2O. The van der Waals surface area contributed by atoms with Gasteiger partial charge in [-0.15, -0.1) is 0 Å². The first-order valence-electron chi connectivity index (χ1n) is 6.76. The molecule has 0 aliphatic heterocycles. The Bertz CT molecular complexity index is 546. The summed E-state index contributed by atoms with van der Waals surface area (Å²) in [6.45, 7) is 5.38. The predicted molar refractivity (Wildman–Crippen MR) is 80.5 cm³/mol. The van der Waals surface area contributed by atoms with Crippen LogP contribution in [0.4, 0.5) is 0 Å². The van der Waals surface area contributed by atoms with Crippen molar-refractivity contribution in [3.05, 3.63) is 35.0 Å². The van der Waals surface area contributed by atoms with Crippen molar-refractivity contribution in [3.8, 4) is 0 Å². The minimum atomic E-state index is -0.602. The lowest BCUT2D eigenvalue weighted by Gasteiger charge is -2.25. The summed E-state index contributed by atoms with van der Waals surface area (Å²) >= 11 is 5.96. The molecule has 104 valence electrons. The van der Waals surface area contributed by atoms with E-state index < -0.39 is 5.60 Å². The van der Waals surface area contributed by atoms with Crippen LogP contribution < -0.4 is 5.32 Å². The molecular weight excluding hydrogens is 260 g/mol. The van der Waals surface area contributed by atoms with Gasteiger partial charge in [-0.1, -0.05) is 31.5 Å². The van der Waals surface area contributed by atoms with E-state index in [-0.39, 0.29) is 0 Å². The number of H-pyrrole nitrogens is 1. The van der Waals surface area contributed by atoms with Crippen LogP contribution in [0, 0.1) is 0 Å². The number of aromatic nitrogens is 1. The summed E-state index contributed by atoms with van der Waals surface area (Å²) in [5.41, 5.74) is 1.64. The van der Waals surface area contributed by atoms with Gasteiger partial charge in [0.15, 0.2) is 0 Å². The minimum Gasteiger partial charge on any atom is -0.389 e. The van der Waals surface area contributed by atoms with Crippen LogP contribution in [0.1, 0.15) is 32.3 Å². The van der Waals surface area contributed by atoms with Crippen LogP contribution in [-0.2, 0) is 6.54 Å². The average molecular weight is 281 g/mol. The second-order valence-corrected chi connectivity index (χ2v) is 5.48. The van der Waals surface area contributed by atoms with Crippen LogP contribution in [0.2, 0.25) is 5.02 Å². The summed E-state index contributed by atoms with van der Waals surface area (Å²) in [5, 5.41) is 15.5. The highest BCUT2D eigenvalue weighted by atomic mass is 35.5. The first-order chi connectivity index (χ1) is 9.08.